The van der Waals surface area contributed by atoms with Crippen molar-refractivity contribution in [2.45, 2.75) is 63.1 Å². The first-order chi connectivity index (χ1) is 10.2. The normalized spacial score (nSPS) is 20.8. The minimum atomic E-state index is -0.593. The average molecular weight is 288 g/mol. The highest BCUT2D eigenvalue weighted by molar-refractivity contribution is 5.88. The molecular weight excluding hydrogens is 264 g/mol. The molecule has 0 aliphatic heterocycles. The Morgan fingerprint density at radius 3 is 2.48 bits per heavy atom. The summed E-state index contributed by atoms with van der Waals surface area (Å²) >= 11 is 0. The van der Waals surface area contributed by atoms with Gasteiger partial charge in [0.15, 0.2) is 0 Å². The molecule has 2 saturated carbocycles. The summed E-state index contributed by atoms with van der Waals surface area (Å²) in [5.74, 6) is 0.888. The van der Waals surface area contributed by atoms with Crippen molar-refractivity contribution < 1.29 is 9.53 Å². The molecule has 0 aromatic heterocycles. The van der Waals surface area contributed by atoms with E-state index in [4.69, 9.17) is 10.5 Å². The topological polar surface area (TPSA) is 64.4 Å². The van der Waals surface area contributed by atoms with Gasteiger partial charge in [-0.3, -0.25) is 4.79 Å². The number of hydrogen-bond donors (Lipinski definition) is 2. The molecule has 114 valence electrons. The van der Waals surface area contributed by atoms with E-state index in [1.54, 1.807) is 0 Å². The van der Waals surface area contributed by atoms with Crippen LogP contribution in [0.4, 0.5) is 0 Å². The summed E-state index contributed by atoms with van der Waals surface area (Å²) in [6.45, 7) is 0.529. The van der Waals surface area contributed by atoms with E-state index in [9.17, 15) is 4.79 Å². The number of hydrogen-bond acceptors (Lipinski definition) is 3. The summed E-state index contributed by atoms with van der Waals surface area (Å²) in [6.07, 6.45) is 8.18. The van der Waals surface area contributed by atoms with E-state index >= 15 is 0 Å². The van der Waals surface area contributed by atoms with Crippen LogP contribution in [0.1, 0.15) is 50.5 Å². The third-order valence-corrected chi connectivity index (χ3v) is 4.47. The Morgan fingerprint density at radius 1 is 1.19 bits per heavy atom. The van der Waals surface area contributed by atoms with Crippen molar-refractivity contribution in [2.24, 2.45) is 5.73 Å². The number of rotatable bonds is 5. The molecule has 4 nitrogen and oxygen atoms in total. The predicted octanol–water partition coefficient (Wildman–Crippen LogP) is 2.51. The van der Waals surface area contributed by atoms with Crippen LogP contribution in [0.2, 0.25) is 0 Å². The van der Waals surface area contributed by atoms with Crippen LogP contribution in [0, 0.1) is 0 Å². The van der Waals surface area contributed by atoms with E-state index in [0.29, 0.717) is 12.6 Å². The molecule has 1 aromatic rings. The van der Waals surface area contributed by atoms with Crippen molar-refractivity contribution in [3.8, 4) is 5.75 Å². The SMILES string of the molecule is NC1(C(=O)NCc2ccc(OC3CCCCC3)cc2)CC1. The van der Waals surface area contributed by atoms with Crippen molar-refractivity contribution in [1.82, 2.24) is 5.32 Å². The minimum Gasteiger partial charge on any atom is -0.490 e. The fourth-order valence-electron chi connectivity index (χ4n) is 2.78. The van der Waals surface area contributed by atoms with Crippen LogP contribution in [0.3, 0.4) is 0 Å². The van der Waals surface area contributed by atoms with Crippen LogP contribution in [0.15, 0.2) is 24.3 Å². The lowest BCUT2D eigenvalue weighted by atomic mass is 9.98. The molecule has 1 amide bonds. The minimum absolute atomic E-state index is 0.0370. The summed E-state index contributed by atoms with van der Waals surface area (Å²) in [5, 5.41) is 2.90. The molecule has 0 saturated heterocycles. The second-order valence-electron chi connectivity index (χ2n) is 6.36. The van der Waals surface area contributed by atoms with Gasteiger partial charge in [0.2, 0.25) is 5.91 Å². The second kappa shape index (κ2) is 6.06. The van der Waals surface area contributed by atoms with Gasteiger partial charge in [0, 0.05) is 6.54 Å². The van der Waals surface area contributed by atoms with E-state index in [-0.39, 0.29) is 5.91 Å². The third kappa shape index (κ3) is 3.76. The van der Waals surface area contributed by atoms with Crippen LogP contribution >= 0.6 is 0 Å². The van der Waals surface area contributed by atoms with Crippen molar-refractivity contribution in [2.75, 3.05) is 0 Å². The van der Waals surface area contributed by atoms with E-state index in [2.05, 4.69) is 5.32 Å². The van der Waals surface area contributed by atoms with Gasteiger partial charge < -0.3 is 15.8 Å². The molecule has 21 heavy (non-hydrogen) atoms. The zero-order valence-electron chi connectivity index (χ0n) is 12.4. The van der Waals surface area contributed by atoms with Gasteiger partial charge in [-0.15, -0.1) is 0 Å². The van der Waals surface area contributed by atoms with Gasteiger partial charge in [0.25, 0.3) is 0 Å². The number of benzene rings is 1. The van der Waals surface area contributed by atoms with Crippen molar-refractivity contribution in [3.63, 3.8) is 0 Å². The maximum Gasteiger partial charge on any atom is 0.240 e. The van der Waals surface area contributed by atoms with Crippen LogP contribution < -0.4 is 15.8 Å². The first kappa shape index (κ1) is 14.4. The fraction of sp³-hybridized carbons (Fsp3) is 0.588. The molecular formula is C17H24N2O2. The molecule has 0 atom stereocenters. The van der Waals surface area contributed by atoms with Gasteiger partial charge in [-0.25, -0.2) is 0 Å². The molecule has 2 aliphatic carbocycles. The van der Waals surface area contributed by atoms with Gasteiger partial charge in [-0.2, -0.15) is 0 Å². The summed E-state index contributed by atoms with van der Waals surface area (Å²) < 4.78 is 5.99. The monoisotopic (exact) mass is 288 g/mol. The molecule has 1 aromatic carbocycles. The lowest BCUT2D eigenvalue weighted by molar-refractivity contribution is -0.123. The first-order valence-electron chi connectivity index (χ1n) is 7.98. The third-order valence-electron chi connectivity index (χ3n) is 4.47. The van der Waals surface area contributed by atoms with E-state index in [1.807, 2.05) is 24.3 Å². The smallest absolute Gasteiger partial charge is 0.240 e. The Balaban J connectivity index is 1.48. The maximum absolute atomic E-state index is 11.8. The quantitative estimate of drug-likeness (QED) is 0.875. The Bertz CT molecular complexity index is 488. The summed E-state index contributed by atoms with van der Waals surface area (Å²) in [7, 11) is 0. The number of ether oxygens (including phenoxy) is 1. The molecule has 0 radical (unpaired) electrons. The summed E-state index contributed by atoms with van der Waals surface area (Å²) in [5.41, 5.74) is 6.33. The van der Waals surface area contributed by atoms with Crippen LogP contribution in [0.5, 0.6) is 5.75 Å². The van der Waals surface area contributed by atoms with Gasteiger partial charge >= 0.3 is 0 Å². The van der Waals surface area contributed by atoms with E-state index < -0.39 is 5.54 Å². The van der Waals surface area contributed by atoms with Gasteiger partial charge in [-0.05, 0) is 56.2 Å². The number of carbonyl (C=O) groups excluding carboxylic acids is 1. The number of nitrogens with one attached hydrogen (secondary N) is 1. The first-order valence-corrected chi connectivity index (χ1v) is 7.98. The fourth-order valence-corrected chi connectivity index (χ4v) is 2.78. The largest absolute Gasteiger partial charge is 0.490 e. The van der Waals surface area contributed by atoms with Crippen LogP contribution in [-0.4, -0.2) is 17.6 Å². The lowest BCUT2D eigenvalue weighted by Gasteiger charge is -2.23. The van der Waals surface area contributed by atoms with E-state index in [1.165, 1.54) is 19.3 Å². The van der Waals surface area contributed by atoms with Crippen LogP contribution in [-0.2, 0) is 11.3 Å². The number of carbonyl (C=O) groups is 1. The molecule has 2 fully saturated rings. The van der Waals surface area contributed by atoms with Crippen molar-refractivity contribution in [1.29, 1.82) is 0 Å². The van der Waals surface area contributed by atoms with Gasteiger partial charge in [0.05, 0.1) is 11.6 Å². The Hall–Kier alpha value is -1.55. The zero-order chi connectivity index (χ0) is 14.7. The Kier molecular flexibility index (Phi) is 4.15. The highest BCUT2D eigenvalue weighted by atomic mass is 16.5. The second-order valence-corrected chi connectivity index (χ2v) is 6.36. The maximum atomic E-state index is 11.8. The average Bonchev–Trinajstić information content (AvgIpc) is 3.26. The molecule has 0 bridgehead atoms. The molecule has 2 aliphatic rings. The van der Waals surface area contributed by atoms with E-state index in [0.717, 1.165) is 37.0 Å². The standard InChI is InChI=1S/C17H24N2O2/c18-17(10-11-17)16(20)19-12-13-6-8-15(9-7-13)21-14-4-2-1-3-5-14/h6-9,14H,1-5,10-12,18H2,(H,19,20). The molecule has 0 heterocycles. The highest BCUT2D eigenvalue weighted by Gasteiger charge is 2.45. The number of amides is 1. The molecule has 0 spiro atoms. The Labute approximate surface area is 126 Å². The van der Waals surface area contributed by atoms with Crippen LogP contribution in [0.25, 0.3) is 0 Å². The lowest BCUT2D eigenvalue weighted by Crippen LogP contribution is -2.42. The summed E-state index contributed by atoms with van der Waals surface area (Å²) in [4.78, 5) is 11.8. The molecule has 3 N–H and O–H groups in total. The van der Waals surface area contributed by atoms with Gasteiger partial charge in [-0.1, -0.05) is 18.6 Å². The Morgan fingerprint density at radius 2 is 1.86 bits per heavy atom. The zero-order valence-corrected chi connectivity index (χ0v) is 12.4. The summed E-state index contributed by atoms with van der Waals surface area (Å²) in [6, 6.07) is 8.00. The van der Waals surface area contributed by atoms with Crippen molar-refractivity contribution >= 4 is 5.91 Å². The highest BCUT2D eigenvalue weighted by Crippen LogP contribution is 2.32. The molecule has 0 unspecified atom stereocenters. The van der Waals surface area contributed by atoms with Gasteiger partial charge in [0.1, 0.15) is 5.75 Å². The molecule has 3 rings (SSSR count). The molecule has 4 heteroatoms. The predicted molar refractivity (Wildman–Crippen MR) is 81.9 cm³/mol. The number of nitrogens with two attached hydrogens (primary N) is 1. The van der Waals surface area contributed by atoms with Crippen molar-refractivity contribution in [3.05, 3.63) is 29.8 Å².